The molecule has 0 aromatic heterocycles. The number of aliphatic hydroxyl groups excluding tert-OH is 2. The third-order valence-electron chi connectivity index (χ3n) is 6.10. The highest BCUT2D eigenvalue weighted by Crippen LogP contribution is 2.14. The number of unbranched alkanes of at least 4 members (excludes halogenated alkanes) is 12. The summed E-state index contributed by atoms with van der Waals surface area (Å²) in [6.45, 7) is 4.04. The summed E-state index contributed by atoms with van der Waals surface area (Å²) in [6.07, 6.45) is 17.0. The minimum Gasteiger partial charge on any atom is -0.394 e. The fourth-order valence-electron chi connectivity index (χ4n) is 3.99. The number of rotatable bonds is 19. The first-order valence-electron chi connectivity index (χ1n) is 12.7. The Morgan fingerprint density at radius 3 is 1.81 bits per heavy atom. The first kappa shape index (κ1) is 27.6. The minimum atomic E-state index is -0.695. The van der Waals surface area contributed by atoms with E-state index < -0.39 is 12.1 Å². The number of benzene rings is 1. The fourth-order valence-corrected chi connectivity index (χ4v) is 3.99. The molecule has 0 fully saturated rings. The first-order chi connectivity index (χ1) is 15.1. The number of carbonyl (C=O) groups excluding carboxylic acids is 1. The van der Waals surface area contributed by atoms with Crippen molar-refractivity contribution >= 4 is 5.91 Å². The number of amides is 1. The molecule has 4 heteroatoms. The lowest BCUT2D eigenvalue weighted by molar-refractivity contribution is -0.122. The number of hydrogen-bond donors (Lipinski definition) is 3. The third-order valence-corrected chi connectivity index (χ3v) is 6.10. The van der Waals surface area contributed by atoms with Crippen molar-refractivity contribution in [2.24, 2.45) is 0 Å². The summed E-state index contributed by atoms with van der Waals surface area (Å²) in [5.74, 6) is -0.160. The maximum atomic E-state index is 12.2. The van der Waals surface area contributed by atoms with Crippen LogP contribution in [0.1, 0.15) is 108 Å². The Labute approximate surface area is 190 Å². The molecule has 2 unspecified atom stereocenters. The number of hydrogen-bond acceptors (Lipinski definition) is 3. The number of aryl methyl sites for hydroxylation is 1. The van der Waals surface area contributed by atoms with Crippen LogP contribution >= 0.6 is 0 Å². The number of aliphatic hydroxyl groups is 2. The van der Waals surface area contributed by atoms with Gasteiger partial charge in [-0.2, -0.15) is 0 Å². The van der Waals surface area contributed by atoms with Crippen molar-refractivity contribution in [2.45, 2.75) is 122 Å². The van der Waals surface area contributed by atoms with E-state index in [1.54, 1.807) is 0 Å². The second kappa shape index (κ2) is 18.2. The van der Waals surface area contributed by atoms with Gasteiger partial charge in [0.05, 0.1) is 25.2 Å². The van der Waals surface area contributed by atoms with Crippen LogP contribution in [0.2, 0.25) is 0 Å². The summed E-state index contributed by atoms with van der Waals surface area (Å²) < 4.78 is 0. The zero-order chi connectivity index (χ0) is 22.7. The molecule has 31 heavy (non-hydrogen) atoms. The van der Waals surface area contributed by atoms with Gasteiger partial charge in [-0.15, -0.1) is 0 Å². The molecule has 0 aliphatic rings. The van der Waals surface area contributed by atoms with E-state index in [2.05, 4.69) is 12.2 Å². The predicted molar refractivity (Wildman–Crippen MR) is 130 cm³/mol. The van der Waals surface area contributed by atoms with Crippen LogP contribution in [0, 0.1) is 6.92 Å². The molecule has 0 aliphatic carbocycles. The van der Waals surface area contributed by atoms with Gasteiger partial charge in [0.25, 0.3) is 0 Å². The second-order valence-corrected chi connectivity index (χ2v) is 9.12. The molecule has 0 spiro atoms. The molecule has 0 aliphatic heterocycles. The summed E-state index contributed by atoms with van der Waals surface area (Å²) in [5.41, 5.74) is 2.09. The zero-order valence-electron chi connectivity index (χ0n) is 20.1. The zero-order valence-corrected chi connectivity index (χ0v) is 20.1. The Balaban J connectivity index is 2.04. The molecule has 1 aromatic rings. The highest BCUT2D eigenvalue weighted by atomic mass is 16.3. The van der Waals surface area contributed by atoms with Crippen molar-refractivity contribution in [3.05, 3.63) is 35.4 Å². The Hall–Kier alpha value is -1.39. The van der Waals surface area contributed by atoms with E-state index in [0.717, 1.165) is 24.0 Å². The molecule has 178 valence electrons. The number of carbonyl (C=O) groups is 1. The highest BCUT2D eigenvalue weighted by molar-refractivity contribution is 5.78. The predicted octanol–water partition coefficient (Wildman–Crippen LogP) is 5.86. The van der Waals surface area contributed by atoms with Gasteiger partial charge in [-0.3, -0.25) is 4.79 Å². The van der Waals surface area contributed by atoms with E-state index in [9.17, 15) is 15.0 Å². The number of nitrogens with one attached hydrogen (secondary N) is 1. The quantitative estimate of drug-likeness (QED) is 0.239. The average molecular weight is 434 g/mol. The van der Waals surface area contributed by atoms with Crippen LogP contribution in [-0.2, 0) is 11.2 Å². The van der Waals surface area contributed by atoms with Crippen LogP contribution in [0.15, 0.2) is 24.3 Å². The lowest BCUT2D eigenvalue weighted by atomic mass is 10.0. The molecule has 0 radical (unpaired) electrons. The van der Waals surface area contributed by atoms with Gasteiger partial charge in [-0.25, -0.2) is 0 Å². The molecule has 0 heterocycles. The van der Waals surface area contributed by atoms with Crippen LogP contribution < -0.4 is 5.32 Å². The molecule has 1 amide bonds. The smallest absolute Gasteiger partial charge is 0.224 e. The van der Waals surface area contributed by atoms with Crippen molar-refractivity contribution in [3.8, 4) is 0 Å². The minimum absolute atomic E-state index is 0.160. The molecule has 3 N–H and O–H groups in total. The summed E-state index contributed by atoms with van der Waals surface area (Å²) in [5, 5.41) is 22.7. The van der Waals surface area contributed by atoms with Gasteiger partial charge < -0.3 is 15.5 Å². The fraction of sp³-hybridized carbons (Fsp3) is 0.741. The maximum absolute atomic E-state index is 12.2. The van der Waals surface area contributed by atoms with Crippen LogP contribution in [-0.4, -0.2) is 34.9 Å². The van der Waals surface area contributed by atoms with Crippen LogP contribution in [0.3, 0.4) is 0 Å². The van der Waals surface area contributed by atoms with Gasteiger partial charge in [0, 0.05) is 0 Å². The lowest BCUT2D eigenvalue weighted by Crippen LogP contribution is -2.46. The Kier molecular flexibility index (Phi) is 16.2. The Morgan fingerprint density at radius 2 is 1.32 bits per heavy atom. The van der Waals surface area contributed by atoms with Crippen LogP contribution in [0.25, 0.3) is 0 Å². The largest absolute Gasteiger partial charge is 0.394 e. The van der Waals surface area contributed by atoms with Gasteiger partial charge in [0.1, 0.15) is 0 Å². The van der Waals surface area contributed by atoms with E-state index in [1.807, 2.05) is 31.2 Å². The summed E-state index contributed by atoms with van der Waals surface area (Å²) in [6, 6.07) is 7.25. The van der Waals surface area contributed by atoms with E-state index in [1.165, 1.54) is 70.6 Å². The van der Waals surface area contributed by atoms with Crippen LogP contribution in [0.5, 0.6) is 0 Å². The van der Waals surface area contributed by atoms with E-state index >= 15 is 0 Å². The van der Waals surface area contributed by atoms with Gasteiger partial charge in [0.2, 0.25) is 5.91 Å². The summed E-state index contributed by atoms with van der Waals surface area (Å²) in [4.78, 5) is 12.2. The van der Waals surface area contributed by atoms with Gasteiger partial charge in [-0.1, -0.05) is 120 Å². The molecule has 4 nitrogen and oxygen atoms in total. The van der Waals surface area contributed by atoms with Crippen molar-refractivity contribution in [1.29, 1.82) is 0 Å². The third kappa shape index (κ3) is 14.3. The van der Waals surface area contributed by atoms with Crippen molar-refractivity contribution in [2.75, 3.05) is 6.61 Å². The van der Waals surface area contributed by atoms with E-state index in [4.69, 9.17) is 0 Å². The van der Waals surface area contributed by atoms with Gasteiger partial charge >= 0.3 is 0 Å². The summed E-state index contributed by atoms with van der Waals surface area (Å²) >= 11 is 0. The molecular weight excluding hydrogens is 386 g/mol. The second-order valence-electron chi connectivity index (χ2n) is 9.12. The SMILES string of the molecule is CCCCCCCCCCCCCCCC(O)C(CO)NC(=O)Cc1ccc(C)cc1. The maximum Gasteiger partial charge on any atom is 0.224 e. The monoisotopic (exact) mass is 433 g/mol. The first-order valence-corrected chi connectivity index (χ1v) is 12.7. The van der Waals surface area contributed by atoms with Crippen LogP contribution in [0.4, 0.5) is 0 Å². The molecule has 0 saturated carbocycles. The average Bonchev–Trinajstić information content (AvgIpc) is 2.76. The van der Waals surface area contributed by atoms with Gasteiger partial charge in [-0.05, 0) is 18.9 Å². The topological polar surface area (TPSA) is 69.6 Å². The molecule has 2 atom stereocenters. The lowest BCUT2D eigenvalue weighted by Gasteiger charge is -2.22. The van der Waals surface area contributed by atoms with E-state index in [0.29, 0.717) is 6.42 Å². The molecule has 1 rings (SSSR count). The van der Waals surface area contributed by atoms with Crippen molar-refractivity contribution < 1.29 is 15.0 Å². The normalized spacial score (nSPS) is 13.2. The molecular formula is C27H47NO3. The highest BCUT2D eigenvalue weighted by Gasteiger charge is 2.20. The van der Waals surface area contributed by atoms with E-state index in [-0.39, 0.29) is 18.9 Å². The van der Waals surface area contributed by atoms with Gasteiger partial charge in [0.15, 0.2) is 0 Å². The van der Waals surface area contributed by atoms with Crippen molar-refractivity contribution in [1.82, 2.24) is 5.32 Å². The standard InChI is InChI=1S/C27H47NO3/c1-3-4-5-6-7-8-9-10-11-12-13-14-15-16-26(30)25(22-29)28-27(31)21-24-19-17-23(2)18-20-24/h17-20,25-26,29-30H,3-16,21-22H2,1-2H3,(H,28,31). The Bertz CT molecular complexity index is 558. The summed E-state index contributed by atoms with van der Waals surface area (Å²) in [7, 11) is 0. The van der Waals surface area contributed by atoms with Crippen molar-refractivity contribution in [3.63, 3.8) is 0 Å². The molecule has 1 aromatic carbocycles. The molecule has 0 saturated heterocycles. The molecule has 0 bridgehead atoms. The Morgan fingerprint density at radius 1 is 0.839 bits per heavy atom.